The summed E-state index contributed by atoms with van der Waals surface area (Å²) in [7, 11) is 0. The van der Waals surface area contributed by atoms with Gasteiger partial charge in [-0.1, -0.05) is 17.3 Å². The van der Waals surface area contributed by atoms with Crippen LogP contribution in [-0.4, -0.2) is 26.9 Å². The summed E-state index contributed by atoms with van der Waals surface area (Å²) in [5.74, 6) is 0.581. The van der Waals surface area contributed by atoms with Crippen LogP contribution in [0.3, 0.4) is 0 Å². The van der Waals surface area contributed by atoms with Crippen molar-refractivity contribution in [2.75, 3.05) is 6.54 Å². The van der Waals surface area contributed by atoms with Crippen LogP contribution in [0.5, 0.6) is 5.75 Å². The summed E-state index contributed by atoms with van der Waals surface area (Å²) in [4.78, 5) is 4.05. The maximum absolute atomic E-state index is 9.61. The Hall–Kier alpha value is -1.92. The molecule has 1 aromatic carbocycles. The first-order chi connectivity index (χ1) is 8.20. The van der Waals surface area contributed by atoms with Crippen molar-refractivity contribution in [3.63, 3.8) is 0 Å². The number of rotatable bonds is 4. The smallest absolute Gasteiger partial charge is 0.255 e. The maximum atomic E-state index is 9.61. The van der Waals surface area contributed by atoms with Crippen LogP contribution in [0.4, 0.5) is 0 Å². The normalized spacial score (nSPS) is 12.6. The van der Waals surface area contributed by atoms with Gasteiger partial charge in [-0.25, -0.2) is 0 Å². The highest BCUT2D eigenvalue weighted by Gasteiger charge is 2.16. The molecule has 4 N–H and O–H groups in total. The van der Waals surface area contributed by atoms with Gasteiger partial charge in [-0.2, -0.15) is 4.98 Å². The lowest BCUT2D eigenvalue weighted by atomic mass is 10.2. The molecule has 0 spiro atoms. The minimum atomic E-state index is -0.849. The monoisotopic (exact) mass is 235 g/mol. The number of hydrogen-bond acceptors (Lipinski definition) is 6. The molecule has 0 fully saturated rings. The molecular formula is C11H13N3O3. The maximum Gasteiger partial charge on any atom is 0.255 e. The van der Waals surface area contributed by atoms with E-state index in [-0.39, 0.29) is 11.6 Å². The molecule has 0 saturated heterocycles. The van der Waals surface area contributed by atoms with Crippen LogP contribution in [0.1, 0.15) is 18.4 Å². The van der Waals surface area contributed by atoms with E-state index in [1.54, 1.807) is 18.2 Å². The number of hydrogen-bond donors (Lipinski definition) is 3. The molecule has 1 atom stereocenters. The number of phenolic OH excluding ortho intramolecular Hbond substituents is 1. The van der Waals surface area contributed by atoms with Crippen LogP contribution < -0.4 is 5.73 Å². The number of aromatic hydroxyl groups is 1. The largest absolute Gasteiger partial charge is 0.508 e. The van der Waals surface area contributed by atoms with Gasteiger partial charge in [0.15, 0.2) is 0 Å². The number of aromatic nitrogens is 2. The second-order valence-corrected chi connectivity index (χ2v) is 3.60. The highest BCUT2D eigenvalue weighted by atomic mass is 16.5. The third-order valence-corrected chi connectivity index (χ3v) is 2.27. The Kier molecular flexibility index (Phi) is 3.36. The Morgan fingerprint density at radius 2 is 2.24 bits per heavy atom. The fraction of sp³-hybridized carbons (Fsp3) is 0.273. The Morgan fingerprint density at radius 1 is 1.41 bits per heavy atom. The Morgan fingerprint density at radius 3 is 2.94 bits per heavy atom. The SMILES string of the molecule is NCCC(O)c1nc(-c2cccc(O)c2)no1. The van der Waals surface area contributed by atoms with Gasteiger partial charge in [-0.05, 0) is 25.1 Å². The van der Waals surface area contributed by atoms with E-state index in [4.69, 9.17) is 10.3 Å². The molecule has 0 aliphatic heterocycles. The van der Waals surface area contributed by atoms with Crippen LogP contribution in [-0.2, 0) is 0 Å². The minimum absolute atomic E-state index is 0.122. The van der Waals surface area contributed by atoms with Crippen LogP contribution in [0.15, 0.2) is 28.8 Å². The molecule has 0 aliphatic carbocycles. The van der Waals surface area contributed by atoms with Gasteiger partial charge in [-0.3, -0.25) is 0 Å². The molecule has 0 aliphatic rings. The highest BCUT2D eigenvalue weighted by Crippen LogP contribution is 2.22. The molecule has 0 saturated carbocycles. The minimum Gasteiger partial charge on any atom is -0.508 e. The van der Waals surface area contributed by atoms with E-state index < -0.39 is 6.10 Å². The molecule has 6 heteroatoms. The van der Waals surface area contributed by atoms with Gasteiger partial charge < -0.3 is 20.5 Å². The zero-order valence-corrected chi connectivity index (χ0v) is 9.08. The van der Waals surface area contributed by atoms with Gasteiger partial charge in [0.2, 0.25) is 5.82 Å². The lowest BCUT2D eigenvalue weighted by Crippen LogP contribution is -2.06. The summed E-state index contributed by atoms with van der Waals surface area (Å²) >= 11 is 0. The molecule has 90 valence electrons. The Bertz CT molecular complexity index is 498. The van der Waals surface area contributed by atoms with Gasteiger partial charge >= 0.3 is 0 Å². The first-order valence-electron chi connectivity index (χ1n) is 5.22. The number of aliphatic hydroxyl groups is 1. The topological polar surface area (TPSA) is 105 Å². The fourth-order valence-electron chi connectivity index (χ4n) is 1.41. The van der Waals surface area contributed by atoms with E-state index in [0.29, 0.717) is 24.4 Å². The molecule has 17 heavy (non-hydrogen) atoms. The van der Waals surface area contributed by atoms with Crippen molar-refractivity contribution in [1.82, 2.24) is 10.1 Å². The van der Waals surface area contributed by atoms with E-state index in [2.05, 4.69) is 10.1 Å². The highest BCUT2D eigenvalue weighted by molar-refractivity contribution is 5.56. The summed E-state index contributed by atoms with van der Waals surface area (Å²) in [5.41, 5.74) is 5.95. The van der Waals surface area contributed by atoms with Gasteiger partial charge in [0.1, 0.15) is 11.9 Å². The van der Waals surface area contributed by atoms with Crippen molar-refractivity contribution in [3.8, 4) is 17.1 Å². The summed E-state index contributed by atoms with van der Waals surface area (Å²) in [6, 6.07) is 6.48. The lowest BCUT2D eigenvalue weighted by molar-refractivity contribution is 0.127. The second kappa shape index (κ2) is 4.94. The van der Waals surface area contributed by atoms with E-state index in [9.17, 15) is 10.2 Å². The van der Waals surface area contributed by atoms with Gasteiger partial charge in [-0.15, -0.1) is 0 Å². The van der Waals surface area contributed by atoms with Gasteiger partial charge in [0.05, 0.1) is 0 Å². The van der Waals surface area contributed by atoms with Crippen LogP contribution in [0.25, 0.3) is 11.4 Å². The average molecular weight is 235 g/mol. The first kappa shape index (κ1) is 11.6. The average Bonchev–Trinajstić information content (AvgIpc) is 2.78. The molecule has 6 nitrogen and oxygen atoms in total. The Labute approximate surface area is 97.7 Å². The standard InChI is InChI=1S/C11H13N3O3/c12-5-4-9(16)11-13-10(14-17-11)7-2-1-3-8(15)6-7/h1-3,6,9,15-16H,4-5,12H2. The molecule has 0 amide bonds. The zero-order chi connectivity index (χ0) is 12.3. The predicted molar refractivity (Wildman–Crippen MR) is 60.0 cm³/mol. The molecular weight excluding hydrogens is 222 g/mol. The van der Waals surface area contributed by atoms with E-state index in [0.717, 1.165) is 0 Å². The second-order valence-electron chi connectivity index (χ2n) is 3.60. The van der Waals surface area contributed by atoms with E-state index in [1.807, 2.05) is 0 Å². The van der Waals surface area contributed by atoms with E-state index >= 15 is 0 Å². The van der Waals surface area contributed by atoms with Crippen molar-refractivity contribution in [3.05, 3.63) is 30.2 Å². The summed E-state index contributed by atoms with van der Waals surface area (Å²) in [6.07, 6.45) is -0.486. The molecule has 1 unspecified atom stereocenters. The zero-order valence-electron chi connectivity index (χ0n) is 9.08. The lowest BCUT2D eigenvalue weighted by Gasteiger charge is -2.01. The summed E-state index contributed by atoms with van der Waals surface area (Å²) in [6.45, 7) is 0.338. The molecule has 0 radical (unpaired) electrons. The van der Waals surface area contributed by atoms with Crippen molar-refractivity contribution in [2.45, 2.75) is 12.5 Å². The summed E-state index contributed by atoms with van der Waals surface area (Å²) in [5, 5.41) is 22.7. The van der Waals surface area contributed by atoms with Crippen LogP contribution in [0, 0.1) is 0 Å². The van der Waals surface area contributed by atoms with Crippen LogP contribution in [0.2, 0.25) is 0 Å². The van der Waals surface area contributed by atoms with Crippen molar-refractivity contribution in [1.29, 1.82) is 0 Å². The molecule has 1 heterocycles. The fourth-order valence-corrected chi connectivity index (χ4v) is 1.41. The first-order valence-corrected chi connectivity index (χ1v) is 5.22. The quantitative estimate of drug-likeness (QED) is 0.724. The molecule has 1 aromatic heterocycles. The Balaban J connectivity index is 2.23. The molecule has 2 aromatic rings. The number of benzene rings is 1. The number of aliphatic hydroxyl groups excluding tert-OH is 1. The van der Waals surface area contributed by atoms with Gasteiger partial charge in [0, 0.05) is 5.56 Å². The third-order valence-electron chi connectivity index (χ3n) is 2.27. The number of nitrogens with two attached hydrogens (primary N) is 1. The van der Waals surface area contributed by atoms with Gasteiger partial charge in [0.25, 0.3) is 5.89 Å². The summed E-state index contributed by atoms with van der Waals surface area (Å²) < 4.78 is 4.92. The number of phenols is 1. The van der Waals surface area contributed by atoms with Crippen LogP contribution >= 0.6 is 0 Å². The third kappa shape index (κ3) is 2.61. The van der Waals surface area contributed by atoms with Crippen molar-refractivity contribution < 1.29 is 14.7 Å². The molecule has 0 bridgehead atoms. The molecule has 2 rings (SSSR count). The van der Waals surface area contributed by atoms with Crippen molar-refractivity contribution in [2.24, 2.45) is 5.73 Å². The van der Waals surface area contributed by atoms with Crippen molar-refractivity contribution >= 4 is 0 Å². The predicted octanol–water partition coefficient (Wildman–Crippen LogP) is 0.824. The number of nitrogens with zero attached hydrogens (tertiary/aromatic N) is 2. The van der Waals surface area contributed by atoms with E-state index in [1.165, 1.54) is 6.07 Å².